The highest BCUT2D eigenvalue weighted by molar-refractivity contribution is 8.22. The van der Waals surface area contributed by atoms with Crippen molar-refractivity contribution in [3.8, 4) is 0 Å². The van der Waals surface area contributed by atoms with Crippen LogP contribution in [0.4, 0.5) is 5.69 Å². The van der Waals surface area contributed by atoms with Crippen molar-refractivity contribution in [1.82, 2.24) is 4.98 Å². The molecule has 1 aromatic heterocycles. The second-order valence-corrected chi connectivity index (χ2v) is 7.52. The van der Waals surface area contributed by atoms with Crippen LogP contribution >= 0.6 is 47.2 Å². The Bertz CT molecular complexity index is 677. The minimum atomic E-state index is 0.567. The molecule has 1 heterocycles. The van der Waals surface area contributed by atoms with E-state index in [1.807, 2.05) is 30.5 Å². The quantitative estimate of drug-likeness (QED) is 0.585. The van der Waals surface area contributed by atoms with E-state index < -0.39 is 0 Å². The van der Waals surface area contributed by atoms with E-state index in [1.165, 1.54) is 0 Å². The number of aromatic nitrogens is 1. The number of benzene rings is 1. The summed E-state index contributed by atoms with van der Waals surface area (Å²) < 4.78 is 0.724. The number of nitrogens with zero attached hydrogens (tertiary/aromatic N) is 1. The maximum atomic E-state index is 6.03. The van der Waals surface area contributed by atoms with Crippen molar-refractivity contribution < 1.29 is 0 Å². The lowest BCUT2D eigenvalue weighted by Gasteiger charge is -2.11. The molecule has 23 heavy (non-hydrogen) atoms. The topological polar surface area (TPSA) is 24.9 Å². The summed E-state index contributed by atoms with van der Waals surface area (Å²) in [5.74, 6) is 0.743. The average molecular weight is 385 g/mol. The number of aryl methyl sites for hydroxylation is 1. The highest BCUT2D eigenvalue weighted by Crippen LogP contribution is 2.25. The number of hydrogen-bond acceptors (Lipinski definition) is 3. The fourth-order valence-corrected chi connectivity index (χ4v) is 3.29. The van der Waals surface area contributed by atoms with E-state index in [-0.39, 0.29) is 0 Å². The van der Waals surface area contributed by atoms with Gasteiger partial charge in [-0.25, -0.2) is 0 Å². The molecule has 0 aliphatic heterocycles. The lowest BCUT2D eigenvalue weighted by atomic mass is 10.1. The molecule has 0 fully saturated rings. The van der Waals surface area contributed by atoms with Crippen LogP contribution in [-0.4, -0.2) is 9.30 Å². The molecule has 0 aliphatic carbocycles. The highest BCUT2D eigenvalue weighted by atomic mass is 35.5. The Balaban J connectivity index is 1.93. The molecule has 0 bridgehead atoms. The summed E-state index contributed by atoms with van der Waals surface area (Å²) in [6.45, 7) is 2.17. The third-order valence-corrected chi connectivity index (χ3v) is 5.28. The van der Waals surface area contributed by atoms with Crippen LogP contribution < -0.4 is 5.32 Å². The zero-order valence-corrected chi connectivity index (χ0v) is 16.0. The number of nitrogens with one attached hydrogen (secondary N) is 1. The Morgan fingerprint density at radius 3 is 2.83 bits per heavy atom. The fraction of sp³-hybridized carbons (Fsp3) is 0.294. The maximum absolute atomic E-state index is 6.03. The van der Waals surface area contributed by atoms with Gasteiger partial charge in [0.15, 0.2) is 0 Å². The van der Waals surface area contributed by atoms with E-state index in [2.05, 4.69) is 17.2 Å². The molecule has 6 heteroatoms. The van der Waals surface area contributed by atoms with Crippen molar-refractivity contribution in [2.24, 2.45) is 0 Å². The molecule has 0 amide bonds. The van der Waals surface area contributed by atoms with Crippen molar-refractivity contribution in [3.05, 3.63) is 57.8 Å². The van der Waals surface area contributed by atoms with E-state index in [1.54, 1.807) is 17.8 Å². The first-order chi connectivity index (χ1) is 11.1. The Morgan fingerprint density at radius 1 is 1.26 bits per heavy atom. The minimum Gasteiger partial charge on any atom is -0.340 e. The summed E-state index contributed by atoms with van der Waals surface area (Å²) in [6.07, 6.45) is 5.04. The number of halogens is 2. The van der Waals surface area contributed by atoms with E-state index in [0.29, 0.717) is 10.0 Å². The molecule has 122 valence electrons. The normalized spacial score (nSPS) is 10.6. The fourth-order valence-electron chi connectivity index (χ4n) is 2.02. The van der Waals surface area contributed by atoms with Gasteiger partial charge in [-0.1, -0.05) is 66.6 Å². The molecular weight excluding hydrogens is 367 g/mol. The van der Waals surface area contributed by atoms with Crippen LogP contribution in [0.1, 0.15) is 31.0 Å². The number of anilines is 1. The van der Waals surface area contributed by atoms with Crippen molar-refractivity contribution in [2.75, 3.05) is 5.32 Å². The van der Waals surface area contributed by atoms with Gasteiger partial charge in [0.1, 0.15) is 4.32 Å². The van der Waals surface area contributed by atoms with Gasteiger partial charge in [0, 0.05) is 11.9 Å². The van der Waals surface area contributed by atoms with Crippen LogP contribution in [-0.2, 0) is 12.2 Å². The van der Waals surface area contributed by atoms with Crippen LogP contribution in [0, 0.1) is 0 Å². The summed E-state index contributed by atoms with van der Waals surface area (Å²) in [6, 6.07) is 9.57. The Labute approximate surface area is 157 Å². The molecule has 2 rings (SSSR count). The van der Waals surface area contributed by atoms with E-state index >= 15 is 0 Å². The van der Waals surface area contributed by atoms with E-state index in [0.717, 1.165) is 46.3 Å². The van der Waals surface area contributed by atoms with Gasteiger partial charge in [0.2, 0.25) is 0 Å². The molecule has 0 unspecified atom stereocenters. The van der Waals surface area contributed by atoms with Crippen LogP contribution in [0.3, 0.4) is 0 Å². The molecule has 2 nitrogen and oxygen atoms in total. The number of pyridine rings is 1. The number of unbranched alkanes of at least 4 members (excludes halogenated alkanes) is 1. The molecule has 0 radical (unpaired) electrons. The monoisotopic (exact) mass is 384 g/mol. The summed E-state index contributed by atoms with van der Waals surface area (Å²) in [5, 5.41) is 4.42. The standard InChI is InChI=1S/C17H18Cl2N2S2/c1-2-3-5-15-16(6-4-9-20-15)21-17(22)23-11-12-7-8-13(18)14(19)10-12/h4,6-10H,2-3,5,11H2,1H3,(H,21,22). The second-order valence-electron chi connectivity index (χ2n) is 5.05. The number of thiocarbonyl (C=S) groups is 1. The molecule has 1 N–H and O–H groups in total. The molecular formula is C17H18Cl2N2S2. The Hall–Kier alpha value is -0.810. The van der Waals surface area contributed by atoms with Gasteiger partial charge < -0.3 is 5.32 Å². The summed E-state index contributed by atoms with van der Waals surface area (Å²) in [7, 11) is 0. The molecule has 0 saturated carbocycles. The third-order valence-electron chi connectivity index (χ3n) is 3.25. The second kappa shape index (κ2) is 9.48. The van der Waals surface area contributed by atoms with Gasteiger partial charge >= 0.3 is 0 Å². The smallest absolute Gasteiger partial charge is 0.138 e. The molecule has 1 aromatic carbocycles. The first kappa shape index (κ1) is 18.5. The zero-order chi connectivity index (χ0) is 16.7. The predicted molar refractivity (Wildman–Crippen MR) is 107 cm³/mol. The number of rotatable bonds is 6. The Morgan fingerprint density at radius 2 is 2.09 bits per heavy atom. The van der Waals surface area contributed by atoms with Crippen molar-refractivity contribution in [1.29, 1.82) is 0 Å². The molecule has 0 spiro atoms. The van der Waals surface area contributed by atoms with Crippen molar-refractivity contribution in [2.45, 2.75) is 31.9 Å². The third kappa shape index (κ3) is 5.96. The summed E-state index contributed by atoms with van der Waals surface area (Å²) in [4.78, 5) is 4.45. The van der Waals surface area contributed by atoms with Crippen molar-refractivity contribution >= 4 is 57.2 Å². The van der Waals surface area contributed by atoms with Gasteiger partial charge in [-0.05, 0) is 42.7 Å². The van der Waals surface area contributed by atoms with Gasteiger partial charge in [0.25, 0.3) is 0 Å². The average Bonchev–Trinajstić information content (AvgIpc) is 2.55. The number of hydrogen-bond donors (Lipinski definition) is 1. The van der Waals surface area contributed by atoms with Gasteiger partial charge in [-0.15, -0.1) is 0 Å². The van der Waals surface area contributed by atoms with Crippen LogP contribution in [0.15, 0.2) is 36.5 Å². The largest absolute Gasteiger partial charge is 0.340 e. The number of thioether (sulfide) groups is 1. The SMILES string of the molecule is CCCCc1ncccc1NC(=S)SCc1ccc(Cl)c(Cl)c1. The zero-order valence-electron chi connectivity index (χ0n) is 12.8. The lowest BCUT2D eigenvalue weighted by molar-refractivity contribution is 0.778. The molecule has 0 saturated heterocycles. The van der Waals surface area contributed by atoms with E-state index in [4.69, 9.17) is 35.4 Å². The van der Waals surface area contributed by atoms with Gasteiger partial charge in [0.05, 0.1) is 21.4 Å². The molecule has 2 aromatic rings. The first-order valence-corrected chi connectivity index (χ1v) is 9.56. The summed E-state index contributed by atoms with van der Waals surface area (Å²) in [5.41, 5.74) is 3.14. The maximum Gasteiger partial charge on any atom is 0.138 e. The van der Waals surface area contributed by atoms with Crippen molar-refractivity contribution in [3.63, 3.8) is 0 Å². The predicted octanol–water partition coefficient (Wildman–Crippen LogP) is 6.36. The lowest BCUT2D eigenvalue weighted by Crippen LogP contribution is -2.08. The minimum absolute atomic E-state index is 0.567. The van der Waals surface area contributed by atoms with Crippen LogP contribution in [0.25, 0.3) is 0 Å². The first-order valence-electron chi connectivity index (χ1n) is 7.41. The van der Waals surface area contributed by atoms with Crippen LogP contribution in [0.2, 0.25) is 10.0 Å². The van der Waals surface area contributed by atoms with Crippen LogP contribution in [0.5, 0.6) is 0 Å². The molecule has 0 aliphatic rings. The summed E-state index contributed by atoms with van der Waals surface area (Å²) >= 11 is 18.9. The van der Waals surface area contributed by atoms with E-state index in [9.17, 15) is 0 Å². The van der Waals surface area contributed by atoms with Gasteiger partial charge in [-0.3, -0.25) is 4.98 Å². The van der Waals surface area contributed by atoms with Gasteiger partial charge in [-0.2, -0.15) is 0 Å². The highest BCUT2D eigenvalue weighted by Gasteiger charge is 2.07. The molecule has 0 atom stereocenters. The Kier molecular flexibility index (Phi) is 7.63.